The Bertz CT molecular complexity index is 1080. The number of fused-ring (bicyclic) bond motifs is 2. The molecule has 2 atom stereocenters. The van der Waals surface area contributed by atoms with Crippen molar-refractivity contribution in [1.82, 2.24) is 9.88 Å². The van der Waals surface area contributed by atoms with Gasteiger partial charge in [-0.05, 0) is 51.4 Å². The number of amides is 1. The molecule has 7 heteroatoms. The summed E-state index contributed by atoms with van der Waals surface area (Å²) in [4.78, 5) is 20.0. The molecule has 1 saturated heterocycles. The van der Waals surface area contributed by atoms with Gasteiger partial charge in [0.05, 0.1) is 35.1 Å². The van der Waals surface area contributed by atoms with Crippen LogP contribution in [-0.2, 0) is 11.2 Å². The number of nitrogens with zero attached hydrogens (tertiary/aromatic N) is 2. The van der Waals surface area contributed by atoms with E-state index in [4.69, 9.17) is 14.5 Å². The topological polar surface area (TPSA) is 63.7 Å². The van der Waals surface area contributed by atoms with Crippen molar-refractivity contribution in [3.8, 4) is 11.5 Å². The molecule has 1 fully saturated rings. The lowest BCUT2D eigenvalue weighted by molar-refractivity contribution is -0.117. The molecule has 1 amide bonds. The number of benzene rings is 2. The number of aromatic nitrogens is 1. The minimum absolute atomic E-state index is 0.0417. The van der Waals surface area contributed by atoms with E-state index in [0.717, 1.165) is 47.6 Å². The number of carbonyl (C=O) groups excluding carboxylic acids is 1. The standard InChI is InChI=1S/C24H27N3O3S/c1-3-29-21-12-16-11-15(2)30-20(16)13-18(21)25-23(28)14-27-10-6-8-19(27)24-26-17-7-4-5-9-22(17)31-24/h4-5,7,9,12-13,15,19H,3,6,8,10-11,14H2,1-2H3,(H,25,28). The first-order valence-corrected chi connectivity index (χ1v) is 11.8. The average Bonchev–Trinajstić information content (AvgIpc) is 3.45. The number of hydrogen-bond acceptors (Lipinski definition) is 6. The highest BCUT2D eigenvalue weighted by molar-refractivity contribution is 7.18. The lowest BCUT2D eigenvalue weighted by Crippen LogP contribution is -2.33. The van der Waals surface area contributed by atoms with E-state index in [9.17, 15) is 4.79 Å². The zero-order valence-corrected chi connectivity index (χ0v) is 18.7. The van der Waals surface area contributed by atoms with Gasteiger partial charge in [0.15, 0.2) is 0 Å². The van der Waals surface area contributed by atoms with Crippen LogP contribution in [0.25, 0.3) is 10.2 Å². The fourth-order valence-electron chi connectivity index (χ4n) is 4.51. The van der Waals surface area contributed by atoms with E-state index in [2.05, 4.69) is 16.3 Å². The number of carbonyl (C=O) groups is 1. The monoisotopic (exact) mass is 437 g/mol. The summed E-state index contributed by atoms with van der Waals surface area (Å²) in [5.74, 6) is 1.50. The lowest BCUT2D eigenvalue weighted by Gasteiger charge is -2.22. The van der Waals surface area contributed by atoms with Crippen molar-refractivity contribution < 1.29 is 14.3 Å². The molecule has 0 aliphatic carbocycles. The Morgan fingerprint density at radius 2 is 2.23 bits per heavy atom. The molecule has 3 heterocycles. The third kappa shape index (κ3) is 4.12. The van der Waals surface area contributed by atoms with E-state index in [1.807, 2.05) is 44.2 Å². The maximum Gasteiger partial charge on any atom is 0.238 e. The van der Waals surface area contributed by atoms with Crippen molar-refractivity contribution in [2.75, 3.05) is 25.0 Å². The Morgan fingerprint density at radius 1 is 1.35 bits per heavy atom. The number of ether oxygens (including phenoxy) is 2. The van der Waals surface area contributed by atoms with Crippen molar-refractivity contribution in [3.05, 3.63) is 47.0 Å². The van der Waals surface area contributed by atoms with Gasteiger partial charge in [0, 0.05) is 18.1 Å². The Balaban J connectivity index is 1.31. The van der Waals surface area contributed by atoms with E-state index >= 15 is 0 Å². The van der Waals surface area contributed by atoms with E-state index in [1.54, 1.807) is 11.3 Å². The normalized spacial score (nSPS) is 20.6. The van der Waals surface area contributed by atoms with Crippen LogP contribution in [0.4, 0.5) is 5.69 Å². The zero-order chi connectivity index (χ0) is 21.4. The molecule has 0 bridgehead atoms. The number of anilines is 1. The van der Waals surface area contributed by atoms with E-state index in [0.29, 0.717) is 24.6 Å². The lowest BCUT2D eigenvalue weighted by atomic mass is 10.1. The van der Waals surface area contributed by atoms with Crippen LogP contribution in [0.2, 0.25) is 0 Å². The van der Waals surface area contributed by atoms with Gasteiger partial charge in [0.2, 0.25) is 5.91 Å². The summed E-state index contributed by atoms with van der Waals surface area (Å²) in [5, 5.41) is 4.16. The van der Waals surface area contributed by atoms with Crippen LogP contribution < -0.4 is 14.8 Å². The van der Waals surface area contributed by atoms with E-state index in [-0.39, 0.29) is 18.1 Å². The van der Waals surface area contributed by atoms with Gasteiger partial charge in [0.25, 0.3) is 0 Å². The second-order valence-electron chi connectivity index (χ2n) is 8.22. The van der Waals surface area contributed by atoms with Crippen LogP contribution >= 0.6 is 11.3 Å². The summed E-state index contributed by atoms with van der Waals surface area (Å²) >= 11 is 1.73. The maximum absolute atomic E-state index is 13.0. The summed E-state index contributed by atoms with van der Waals surface area (Å²) in [7, 11) is 0. The molecule has 2 unspecified atom stereocenters. The third-order valence-electron chi connectivity index (χ3n) is 5.88. The smallest absolute Gasteiger partial charge is 0.238 e. The minimum Gasteiger partial charge on any atom is -0.492 e. The van der Waals surface area contributed by atoms with Gasteiger partial charge in [-0.1, -0.05) is 12.1 Å². The maximum atomic E-state index is 13.0. The Hall–Kier alpha value is -2.64. The molecular formula is C24H27N3O3S. The molecule has 2 aliphatic rings. The number of rotatable bonds is 6. The van der Waals surface area contributed by atoms with Crippen LogP contribution in [0.1, 0.15) is 43.3 Å². The molecular weight excluding hydrogens is 410 g/mol. The highest BCUT2D eigenvalue weighted by Gasteiger charge is 2.30. The second-order valence-corrected chi connectivity index (χ2v) is 9.28. The quantitative estimate of drug-likeness (QED) is 0.600. The first-order chi connectivity index (χ1) is 15.1. The summed E-state index contributed by atoms with van der Waals surface area (Å²) in [6, 6.07) is 12.3. The molecule has 2 aromatic carbocycles. The number of para-hydroxylation sites is 1. The zero-order valence-electron chi connectivity index (χ0n) is 17.9. The third-order valence-corrected chi connectivity index (χ3v) is 7.02. The first kappa shape index (κ1) is 20.3. The van der Waals surface area contributed by atoms with Crippen LogP contribution in [0.5, 0.6) is 11.5 Å². The SMILES string of the molecule is CCOc1cc2c(cc1NC(=O)CN1CCCC1c1nc3ccccc3s1)OC(C)C2. The Labute approximate surface area is 186 Å². The molecule has 6 nitrogen and oxygen atoms in total. The van der Waals surface area contributed by atoms with Crippen LogP contribution in [0.15, 0.2) is 36.4 Å². The van der Waals surface area contributed by atoms with Gasteiger partial charge in [-0.25, -0.2) is 4.98 Å². The van der Waals surface area contributed by atoms with Gasteiger partial charge in [-0.3, -0.25) is 9.69 Å². The fraction of sp³-hybridized carbons (Fsp3) is 0.417. The van der Waals surface area contributed by atoms with Crippen molar-refractivity contribution in [3.63, 3.8) is 0 Å². The van der Waals surface area contributed by atoms with Gasteiger partial charge in [0.1, 0.15) is 22.6 Å². The van der Waals surface area contributed by atoms with Crippen LogP contribution in [0, 0.1) is 0 Å². The fourth-order valence-corrected chi connectivity index (χ4v) is 5.65. The molecule has 5 rings (SSSR count). The number of nitrogens with one attached hydrogen (secondary N) is 1. The Morgan fingerprint density at radius 3 is 3.06 bits per heavy atom. The molecule has 1 aromatic heterocycles. The van der Waals surface area contributed by atoms with E-state index in [1.165, 1.54) is 4.70 Å². The first-order valence-electron chi connectivity index (χ1n) is 11.0. The predicted octanol–water partition coefficient (Wildman–Crippen LogP) is 4.79. The van der Waals surface area contributed by atoms with Crippen molar-refractivity contribution in [1.29, 1.82) is 0 Å². The van der Waals surface area contributed by atoms with Crippen molar-refractivity contribution in [2.24, 2.45) is 0 Å². The van der Waals surface area contributed by atoms with Gasteiger partial charge < -0.3 is 14.8 Å². The molecule has 0 radical (unpaired) electrons. The van der Waals surface area contributed by atoms with Gasteiger partial charge in [-0.2, -0.15) is 0 Å². The molecule has 3 aromatic rings. The Kier molecular flexibility index (Phi) is 5.54. The number of likely N-dealkylation sites (tertiary alicyclic amines) is 1. The molecule has 2 aliphatic heterocycles. The van der Waals surface area contributed by atoms with Gasteiger partial charge >= 0.3 is 0 Å². The molecule has 31 heavy (non-hydrogen) atoms. The van der Waals surface area contributed by atoms with Crippen LogP contribution in [0.3, 0.4) is 0 Å². The van der Waals surface area contributed by atoms with E-state index < -0.39 is 0 Å². The molecule has 0 saturated carbocycles. The van der Waals surface area contributed by atoms with Crippen LogP contribution in [-0.4, -0.2) is 41.6 Å². The highest BCUT2D eigenvalue weighted by atomic mass is 32.1. The summed E-state index contributed by atoms with van der Waals surface area (Å²) in [6.45, 7) is 5.78. The highest BCUT2D eigenvalue weighted by Crippen LogP contribution is 2.39. The summed E-state index contributed by atoms with van der Waals surface area (Å²) < 4.78 is 12.9. The molecule has 162 valence electrons. The second kappa shape index (κ2) is 8.48. The number of thiazole rings is 1. The van der Waals surface area contributed by atoms with Gasteiger partial charge in [-0.15, -0.1) is 11.3 Å². The summed E-state index contributed by atoms with van der Waals surface area (Å²) in [5.41, 5.74) is 2.84. The minimum atomic E-state index is -0.0417. The number of hydrogen-bond donors (Lipinski definition) is 1. The summed E-state index contributed by atoms with van der Waals surface area (Å²) in [6.07, 6.45) is 3.11. The average molecular weight is 438 g/mol. The molecule has 0 spiro atoms. The van der Waals surface area contributed by atoms with Crippen molar-refractivity contribution >= 4 is 33.1 Å². The largest absolute Gasteiger partial charge is 0.492 e. The molecule has 1 N–H and O–H groups in total. The van der Waals surface area contributed by atoms with Crippen molar-refractivity contribution in [2.45, 2.75) is 45.3 Å². The predicted molar refractivity (Wildman–Crippen MR) is 123 cm³/mol.